The van der Waals surface area contributed by atoms with Crippen molar-refractivity contribution in [2.45, 2.75) is 13.0 Å². The van der Waals surface area contributed by atoms with Crippen LogP contribution >= 0.6 is 0 Å². The fourth-order valence-electron chi connectivity index (χ4n) is 1.51. The molecular formula is C15H13N2O5-. The monoisotopic (exact) mass is 301 g/mol. The summed E-state index contributed by atoms with van der Waals surface area (Å²) in [6.07, 6.45) is 1.80. The van der Waals surface area contributed by atoms with Gasteiger partial charge in [-0.1, -0.05) is 0 Å². The molecule has 0 radical (unpaired) electrons. The van der Waals surface area contributed by atoms with Crippen LogP contribution in [-0.2, 0) is 4.79 Å². The Morgan fingerprint density at radius 3 is 2.64 bits per heavy atom. The van der Waals surface area contributed by atoms with Crippen molar-refractivity contribution in [2.75, 3.05) is 0 Å². The number of carbonyl (C=O) groups is 2. The third-order valence-electron chi connectivity index (χ3n) is 2.65. The molecular weight excluding hydrogens is 288 g/mol. The molecule has 0 aliphatic rings. The number of aliphatic carboxylic acids is 1. The van der Waals surface area contributed by atoms with E-state index in [0.717, 1.165) is 0 Å². The Hall–Kier alpha value is -3.09. The highest BCUT2D eigenvalue weighted by atomic mass is 16.5. The highest BCUT2D eigenvalue weighted by Crippen LogP contribution is 2.12. The van der Waals surface area contributed by atoms with E-state index < -0.39 is 18.0 Å². The van der Waals surface area contributed by atoms with Gasteiger partial charge in [-0.3, -0.25) is 4.79 Å². The van der Waals surface area contributed by atoms with Crippen molar-refractivity contribution < 1.29 is 23.8 Å². The highest BCUT2D eigenvalue weighted by molar-refractivity contribution is 5.92. The van der Waals surface area contributed by atoms with Gasteiger partial charge < -0.3 is 19.1 Å². The average Bonchev–Trinajstić information content (AvgIpc) is 3.03. The van der Waals surface area contributed by atoms with Gasteiger partial charge in [0.2, 0.25) is 0 Å². The van der Waals surface area contributed by atoms with E-state index in [9.17, 15) is 14.7 Å². The molecule has 1 atom stereocenters. The number of carbonyl (C=O) groups excluding carboxylic acids is 2. The molecule has 7 nitrogen and oxygen atoms in total. The molecule has 0 fully saturated rings. The van der Waals surface area contributed by atoms with E-state index in [1.807, 2.05) is 0 Å². The van der Waals surface area contributed by atoms with Crippen molar-refractivity contribution >= 4 is 18.1 Å². The average molecular weight is 301 g/mol. The molecule has 0 saturated carbocycles. The molecule has 1 amide bonds. The zero-order chi connectivity index (χ0) is 15.9. The molecule has 1 N–H and O–H groups in total. The van der Waals surface area contributed by atoms with E-state index in [2.05, 4.69) is 10.5 Å². The number of rotatable bonds is 6. The van der Waals surface area contributed by atoms with Crippen molar-refractivity contribution in [3.63, 3.8) is 0 Å². The lowest BCUT2D eigenvalue weighted by atomic mass is 10.2. The van der Waals surface area contributed by atoms with Gasteiger partial charge in [-0.15, -0.1) is 0 Å². The Morgan fingerprint density at radius 1 is 1.32 bits per heavy atom. The Balaban J connectivity index is 1.89. The minimum Gasteiger partial charge on any atom is -0.546 e. The molecule has 2 rings (SSSR count). The highest BCUT2D eigenvalue weighted by Gasteiger charge is 2.06. The molecule has 0 unspecified atom stereocenters. The van der Waals surface area contributed by atoms with E-state index in [1.165, 1.54) is 25.5 Å². The smallest absolute Gasteiger partial charge is 0.307 e. The first kappa shape index (κ1) is 15.3. The van der Waals surface area contributed by atoms with E-state index >= 15 is 0 Å². The molecule has 1 aromatic heterocycles. The Morgan fingerprint density at radius 2 is 2.05 bits per heavy atom. The van der Waals surface area contributed by atoms with Crippen LogP contribution in [0.2, 0.25) is 0 Å². The van der Waals surface area contributed by atoms with Crippen LogP contribution in [0.4, 0.5) is 0 Å². The molecule has 0 bridgehead atoms. The summed E-state index contributed by atoms with van der Waals surface area (Å²) in [5.74, 6) is -1.18. The first-order valence-corrected chi connectivity index (χ1v) is 6.41. The molecule has 0 saturated heterocycles. The summed E-state index contributed by atoms with van der Waals surface area (Å²) in [7, 11) is 0. The Kier molecular flexibility index (Phi) is 4.92. The summed E-state index contributed by atoms with van der Waals surface area (Å²) in [6, 6.07) is 9.64. The SMILES string of the molecule is C[C@@H](Oc1ccc(C=NNC(=O)c2ccco2)cc1)C(=O)[O-]. The van der Waals surface area contributed by atoms with Crippen molar-refractivity contribution in [3.8, 4) is 5.75 Å². The van der Waals surface area contributed by atoms with Gasteiger partial charge in [0, 0.05) is 0 Å². The molecule has 7 heteroatoms. The predicted molar refractivity (Wildman–Crippen MR) is 75.3 cm³/mol. The van der Waals surface area contributed by atoms with Crippen molar-refractivity contribution in [2.24, 2.45) is 5.10 Å². The van der Waals surface area contributed by atoms with Crippen molar-refractivity contribution in [1.82, 2.24) is 5.43 Å². The van der Waals surface area contributed by atoms with Gasteiger partial charge in [0.15, 0.2) is 5.76 Å². The van der Waals surface area contributed by atoms with E-state index in [1.54, 1.807) is 30.3 Å². The third-order valence-corrected chi connectivity index (χ3v) is 2.65. The zero-order valence-corrected chi connectivity index (χ0v) is 11.7. The number of ether oxygens (including phenoxy) is 1. The van der Waals surface area contributed by atoms with Crippen molar-refractivity contribution in [3.05, 3.63) is 54.0 Å². The van der Waals surface area contributed by atoms with Crippen LogP contribution in [0.1, 0.15) is 23.0 Å². The van der Waals surface area contributed by atoms with Crippen LogP contribution in [-0.4, -0.2) is 24.2 Å². The normalized spacial score (nSPS) is 12.0. The molecule has 114 valence electrons. The number of amides is 1. The van der Waals surface area contributed by atoms with Crippen LogP contribution in [0, 0.1) is 0 Å². The molecule has 0 aliphatic heterocycles. The summed E-state index contributed by atoms with van der Waals surface area (Å²) in [4.78, 5) is 22.1. The van der Waals surface area contributed by atoms with E-state index in [4.69, 9.17) is 9.15 Å². The van der Waals surface area contributed by atoms with Gasteiger partial charge >= 0.3 is 5.91 Å². The summed E-state index contributed by atoms with van der Waals surface area (Å²) in [6.45, 7) is 1.38. The van der Waals surface area contributed by atoms with E-state index in [-0.39, 0.29) is 5.76 Å². The summed E-state index contributed by atoms with van der Waals surface area (Å²) in [5.41, 5.74) is 3.02. The fourth-order valence-corrected chi connectivity index (χ4v) is 1.51. The first-order chi connectivity index (χ1) is 10.6. The number of hydrogen-bond acceptors (Lipinski definition) is 6. The van der Waals surface area contributed by atoms with Gasteiger partial charge in [-0.05, 0) is 48.9 Å². The number of carboxylic acids is 1. The quantitative estimate of drug-likeness (QED) is 0.620. The fraction of sp³-hybridized carbons (Fsp3) is 0.133. The largest absolute Gasteiger partial charge is 0.546 e. The number of hydrazone groups is 1. The number of hydrogen-bond donors (Lipinski definition) is 1. The molecule has 22 heavy (non-hydrogen) atoms. The van der Waals surface area contributed by atoms with Crippen LogP contribution in [0.5, 0.6) is 5.75 Å². The Labute approximate surface area is 126 Å². The minimum atomic E-state index is -1.29. The molecule has 2 aromatic rings. The second-order valence-corrected chi connectivity index (χ2v) is 4.32. The summed E-state index contributed by atoms with van der Waals surface area (Å²) >= 11 is 0. The molecule has 1 aromatic carbocycles. The van der Waals surface area contributed by atoms with Crippen LogP contribution < -0.4 is 15.3 Å². The van der Waals surface area contributed by atoms with Gasteiger partial charge in [-0.25, -0.2) is 5.43 Å². The van der Waals surface area contributed by atoms with Gasteiger partial charge in [0.1, 0.15) is 11.9 Å². The predicted octanol–water partition coefficient (Wildman–Crippen LogP) is 0.561. The Bertz CT molecular complexity index is 662. The van der Waals surface area contributed by atoms with Gasteiger partial charge in [0.05, 0.1) is 18.4 Å². The number of nitrogens with one attached hydrogen (secondary N) is 1. The summed E-state index contributed by atoms with van der Waals surface area (Å²) in [5, 5.41) is 14.4. The summed E-state index contributed by atoms with van der Waals surface area (Å²) < 4.78 is 10.0. The maximum absolute atomic E-state index is 11.5. The third kappa shape index (κ3) is 4.20. The van der Waals surface area contributed by atoms with Gasteiger partial charge in [-0.2, -0.15) is 5.10 Å². The number of benzene rings is 1. The standard InChI is InChI=1S/C15H14N2O5/c1-10(15(19)20)22-12-6-4-11(5-7-12)9-16-17-14(18)13-3-2-8-21-13/h2-10H,1H3,(H,17,18)(H,19,20)/p-1/t10-/m1/s1. The van der Waals surface area contributed by atoms with Crippen LogP contribution in [0.15, 0.2) is 52.2 Å². The topological polar surface area (TPSA) is 104 Å². The van der Waals surface area contributed by atoms with Gasteiger partial charge in [0.25, 0.3) is 0 Å². The molecule has 0 aliphatic carbocycles. The second kappa shape index (κ2) is 7.07. The lowest BCUT2D eigenvalue weighted by molar-refractivity contribution is -0.312. The maximum atomic E-state index is 11.5. The lowest BCUT2D eigenvalue weighted by Crippen LogP contribution is -2.37. The van der Waals surface area contributed by atoms with Crippen LogP contribution in [0.25, 0.3) is 0 Å². The number of furan rings is 1. The second-order valence-electron chi connectivity index (χ2n) is 4.32. The van der Waals surface area contributed by atoms with Crippen LogP contribution in [0.3, 0.4) is 0 Å². The van der Waals surface area contributed by atoms with Crippen molar-refractivity contribution in [1.29, 1.82) is 0 Å². The number of carboxylic acid groups (broad SMARTS) is 1. The molecule has 0 spiro atoms. The number of nitrogens with zero attached hydrogens (tertiary/aromatic N) is 1. The molecule has 1 heterocycles. The minimum absolute atomic E-state index is 0.164. The lowest BCUT2D eigenvalue weighted by Gasteiger charge is -2.15. The van der Waals surface area contributed by atoms with E-state index in [0.29, 0.717) is 11.3 Å². The zero-order valence-electron chi connectivity index (χ0n) is 11.7. The maximum Gasteiger partial charge on any atom is 0.307 e. The first-order valence-electron chi connectivity index (χ1n) is 6.41.